The van der Waals surface area contributed by atoms with Gasteiger partial charge in [0.25, 0.3) is 0 Å². The number of carbonyl (C=O) groups is 3. The van der Waals surface area contributed by atoms with E-state index in [1.54, 1.807) is 13.8 Å². The van der Waals surface area contributed by atoms with E-state index < -0.39 is 34.8 Å². The van der Waals surface area contributed by atoms with Crippen molar-refractivity contribution in [3.63, 3.8) is 0 Å². The van der Waals surface area contributed by atoms with Gasteiger partial charge in [-0.15, -0.1) is 0 Å². The summed E-state index contributed by atoms with van der Waals surface area (Å²) in [5.74, 6) is 3.59. The summed E-state index contributed by atoms with van der Waals surface area (Å²) in [6.07, 6.45) is 15.2. The lowest BCUT2D eigenvalue weighted by Crippen LogP contribution is -2.61. The molecule has 9 nitrogen and oxygen atoms in total. The Bertz CT molecular complexity index is 1270. The standard InChI is InChI=1S/C18H32O2.C16H26O3.C10H16O4/c1-5-17(3,4)16(19)20-18(6-2)14-8-12-7-13(10-14)11-15(18)9-12;1-4-14(2,3)13(17)19-16-8-11-5-12(9-16)7-15(18,6-11)10-16;1-4-10(2,3)9(12)14-7-5-6-13-8(7)11/h12-16,19H,5-11H2,1-4H3;11-12,18H,4-10H2,1-3H3;7H,4-6H2,1-3H3. The van der Waals surface area contributed by atoms with Crippen molar-refractivity contribution in [3.05, 3.63) is 0 Å². The monoisotopic (exact) mass is 747 g/mol. The quantitative estimate of drug-likeness (QED) is 0.121. The molecule has 0 spiro atoms. The Kier molecular flexibility index (Phi) is 12.5. The topological polar surface area (TPSA) is 129 Å². The summed E-state index contributed by atoms with van der Waals surface area (Å²) in [7, 11) is 0. The van der Waals surface area contributed by atoms with E-state index in [0.717, 1.165) is 56.8 Å². The van der Waals surface area contributed by atoms with Crippen LogP contribution < -0.4 is 0 Å². The maximum absolute atomic E-state index is 12.4. The van der Waals surface area contributed by atoms with Crippen LogP contribution in [-0.2, 0) is 33.3 Å². The maximum atomic E-state index is 12.4. The smallest absolute Gasteiger partial charge is 0.347 e. The van der Waals surface area contributed by atoms with Crippen LogP contribution in [0.3, 0.4) is 0 Å². The number of hydrogen-bond donors (Lipinski definition) is 2. The summed E-state index contributed by atoms with van der Waals surface area (Å²) in [4.78, 5) is 35.0. The Labute approximate surface area is 320 Å². The number of rotatable bonds is 11. The summed E-state index contributed by atoms with van der Waals surface area (Å²) >= 11 is 0. The molecule has 0 radical (unpaired) electrons. The lowest BCUT2D eigenvalue weighted by Gasteiger charge is -2.61. The van der Waals surface area contributed by atoms with E-state index in [4.69, 9.17) is 18.9 Å². The minimum absolute atomic E-state index is 0.0285. The third-order valence-electron chi connectivity index (χ3n) is 15.3. The van der Waals surface area contributed by atoms with Gasteiger partial charge in [0.05, 0.1) is 28.6 Å². The Hall–Kier alpha value is -1.71. The second kappa shape index (κ2) is 15.7. The predicted octanol–water partition coefficient (Wildman–Crippen LogP) is 8.69. The summed E-state index contributed by atoms with van der Waals surface area (Å²) in [6.45, 7) is 20.4. The molecular formula is C44H74O9. The van der Waals surface area contributed by atoms with Gasteiger partial charge >= 0.3 is 17.9 Å². The summed E-state index contributed by atoms with van der Waals surface area (Å²) in [5.41, 5.74) is -2.02. The van der Waals surface area contributed by atoms with Gasteiger partial charge in [0.15, 0.2) is 6.29 Å². The minimum Gasteiger partial charge on any atom is -0.463 e. The number of hydrogen-bond acceptors (Lipinski definition) is 9. The Morgan fingerprint density at radius 3 is 1.72 bits per heavy atom. The highest BCUT2D eigenvalue weighted by Crippen LogP contribution is 2.62. The molecule has 0 aromatic carbocycles. The van der Waals surface area contributed by atoms with Gasteiger partial charge in [-0.05, 0) is 153 Å². The molecule has 1 saturated heterocycles. The first-order valence-corrected chi connectivity index (χ1v) is 21.3. The molecule has 8 saturated carbocycles. The molecular weight excluding hydrogens is 672 g/mol. The fourth-order valence-electron chi connectivity index (χ4n) is 11.1. The van der Waals surface area contributed by atoms with Crippen LogP contribution in [0.4, 0.5) is 0 Å². The number of ether oxygens (including phenoxy) is 4. The second-order valence-corrected chi connectivity index (χ2v) is 20.5. The molecule has 8 bridgehead atoms. The van der Waals surface area contributed by atoms with Crippen LogP contribution in [0.2, 0.25) is 0 Å². The molecule has 1 heterocycles. The van der Waals surface area contributed by atoms with E-state index in [9.17, 15) is 24.6 Å². The molecule has 4 atom stereocenters. The van der Waals surface area contributed by atoms with Gasteiger partial charge in [0.1, 0.15) is 5.60 Å². The first kappa shape index (κ1) is 42.4. The molecule has 4 unspecified atom stereocenters. The first-order chi connectivity index (χ1) is 24.6. The molecule has 53 heavy (non-hydrogen) atoms. The van der Waals surface area contributed by atoms with Crippen LogP contribution in [-0.4, -0.2) is 63.9 Å². The van der Waals surface area contributed by atoms with E-state index in [1.807, 2.05) is 27.7 Å². The fourth-order valence-corrected chi connectivity index (χ4v) is 11.1. The third-order valence-corrected chi connectivity index (χ3v) is 15.3. The van der Waals surface area contributed by atoms with Gasteiger partial charge in [-0.3, -0.25) is 9.59 Å². The zero-order chi connectivity index (χ0) is 39.2. The second-order valence-electron chi connectivity index (χ2n) is 20.5. The number of aliphatic hydroxyl groups is 2. The fraction of sp³-hybridized carbons (Fsp3) is 0.932. The van der Waals surface area contributed by atoms with E-state index >= 15 is 0 Å². The van der Waals surface area contributed by atoms with E-state index in [2.05, 4.69) is 27.7 Å². The van der Waals surface area contributed by atoms with Crippen LogP contribution in [0.25, 0.3) is 0 Å². The predicted molar refractivity (Wildman–Crippen MR) is 203 cm³/mol. The maximum Gasteiger partial charge on any atom is 0.347 e. The molecule has 0 amide bonds. The highest BCUT2D eigenvalue weighted by atomic mass is 16.6. The van der Waals surface area contributed by atoms with Gasteiger partial charge in [-0.2, -0.15) is 0 Å². The minimum atomic E-state index is -0.687. The molecule has 9 heteroatoms. The van der Waals surface area contributed by atoms with Crippen molar-refractivity contribution in [2.24, 2.45) is 51.8 Å². The first-order valence-electron chi connectivity index (χ1n) is 21.3. The van der Waals surface area contributed by atoms with Crippen molar-refractivity contribution in [2.75, 3.05) is 6.61 Å². The van der Waals surface area contributed by atoms with Crippen molar-refractivity contribution >= 4 is 17.9 Å². The summed E-state index contributed by atoms with van der Waals surface area (Å²) in [5, 5.41) is 21.3. The zero-order valence-electron chi connectivity index (χ0n) is 34.9. The van der Waals surface area contributed by atoms with E-state index in [0.29, 0.717) is 49.5 Å². The number of esters is 3. The van der Waals surface area contributed by atoms with Crippen molar-refractivity contribution in [3.8, 4) is 0 Å². The van der Waals surface area contributed by atoms with Crippen molar-refractivity contribution in [1.29, 1.82) is 0 Å². The van der Waals surface area contributed by atoms with Gasteiger partial charge in [-0.1, -0.05) is 41.5 Å². The molecule has 9 fully saturated rings. The summed E-state index contributed by atoms with van der Waals surface area (Å²) < 4.78 is 22.2. The van der Waals surface area contributed by atoms with Gasteiger partial charge in [-0.25, -0.2) is 4.79 Å². The number of carbonyl (C=O) groups excluding carboxylic acids is 3. The normalized spacial score (nSPS) is 38.6. The van der Waals surface area contributed by atoms with Gasteiger partial charge in [0.2, 0.25) is 6.10 Å². The van der Waals surface area contributed by atoms with Crippen molar-refractivity contribution in [2.45, 2.75) is 201 Å². The highest BCUT2D eigenvalue weighted by molar-refractivity contribution is 5.82. The number of cyclic esters (lactones) is 1. The lowest BCUT2D eigenvalue weighted by atomic mass is 9.49. The molecule has 9 rings (SSSR count). The van der Waals surface area contributed by atoms with Gasteiger partial charge < -0.3 is 29.2 Å². The molecule has 1 aliphatic heterocycles. The highest BCUT2D eigenvalue weighted by Gasteiger charge is 2.60. The molecule has 304 valence electrons. The molecule has 9 aliphatic rings. The zero-order valence-corrected chi connectivity index (χ0v) is 34.9. The molecule has 2 N–H and O–H groups in total. The molecule has 0 aromatic rings. The summed E-state index contributed by atoms with van der Waals surface area (Å²) in [6, 6.07) is 0. The van der Waals surface area contributed by atoms with Crippen LogP contribution in [0, 0.1) is 51.8 Å². The van der Waals surface area contributed by atoms with Gasteiger partial charge in [0, 0.05) is 18.3 Å². The molecule has 0 aromatic heterocycles. The van der Waals surface area contributed by atoms with E-state index in [-0.39, 0.29) is 28.6 Å². The molecule has 8 aliphatic carbocycles. The average Bonchev–Trinajstić information content (AvgIpc) is 3.48. The van der Waals surface area contributed by atoms with Crippen LogP contribution in [0.1, 0.15) is 172 Å². The van der Waals surface area contributed by atoms with Crippen LogP contribution in [0.5, 0.6) is 0 Å². The van der Waals surface area contributed by atoms with Crippen molar-refractivity contribution in [1.82, 2.24) is 0 Å². The Morgan fingerprint density at radius 2 is 1.28 bits per heavy atom. The van der Waals surface area contributed by atoms with E-state index in [1.165, 1.54) is 38.5 Å². The Morgan fingerprint density at radius 1 is 0.774 bits per heavy atom. The largest absolute Gasteiger partial charge is 0.463 e. The number of aliphatic hydroxyl groups excluding tert-OH is 1. The third kappa shape index (κ3) is 8.98. The van der Waals surface area contributed by atoms with Crippen LogP contribution in [0.15, 0.2) is 0 Å². The average molecular weight is 747 g/mol. The SMILES string of the molecule is CCC(C)(C)C(=O)OC12CC3CC(CC(O)(C3)C1)C2.CCC(C)(C)C(=O)OC1CCOC1=O.CCC(C)(C)C(O)OC1(CC)C2CC3CC(C2)CC1C3. The lowest BCUT2D eigenvalue weighted by molar-refractivity contribution is -0.296. The van der Waals surface area contributed by atoms with Crippen LogP contribution >= 0.6 is 0 Å². The Balaban J connectivity index is 0.000000156. The van der Waals surface area contributed by atoms with Crippen molar-refractivity contribution < 1.29 is 43.5 Å².